The first-order valence-corrected chi connectivity index (χ1v) is 8.02. The van der Waals surface area contributed by atoms with E-state index in [4.69, 9.17) is 5.73 Å². The highest BCUT2D eigenvalue weighted by Gasteiger charge is 2.38. The first-order valence-electron chi connectivity index (χ1n) is 8.02. The van der Waals surface area contributed by atoms with Gasteiger partial charge in [-0.25, -0.2) is 0 Å². The first kappa shape index (κ1) is 16.0. The van der Waals surface area contributed by atoms with Crippen molar-refractivity contribution in [3.63, 3.8) is 0 Å². The summed E-state index contributed by atoms with van der Waals surface area (Å²) in [6.07, 6.45) is 9.38. The third-order valence-electron chi connectivity index (χ3n) is 4.77. The van der Waals surface area contributed by atoms with Crippen LogP contribution in [0, 0.1) is 5.92 Å². The number of hydrogen-bond acceptors (Lipinski definition) is 2. The van der Waals surface area contributed by atoms with Gasteiger partial charge in [0.05, 0.1) is 0 Å². The summed E-state index contributed by atoms with van der Waals surface area (Å²) < 4.78 is 0. The Morgan fingerprint density at radius 3 is 2.56 bits per heavy atom. The Hall–Kier alpha value is -0.0800. The Bertz CT molecular complexity index is 227. The van der Waals surface area contributed by atoms with Gasteiger partial charge in [0, 0.05) is 18.1 Å². The lowest BCUT2D eigenvalue weighted by Crippen LogP contribution is -2.54. The van der Waals surface area contributed by atoms with Gasteiger partial charge in [-0.1, -0.05) is 46.5 Å². The van der Waals surface area contributed by atoms with Gasteiger partial charge in [-0.2, -0.15) is 0 Å². The van der Waals surface area contributed by atoms with E-state index in [2.05, 4.69) is 32.6 Å². The molecule has 108 valence electrons. The summed E-state index contributed by atoms with van der Waals surface area (Å²) in [6, 6.07) is 0.754. The van der Waals surface area contributed by atoms with Crippen LogP contribution in [-0.4, -0.2) is 29.6 Å². The van der Waals surface area contributed by atoms with E-state index in [0.717, 1.165) is 18.5 Å². The van der Waals surface area contributed by atoms with Crippen LogP contribution in [0.5, 0.6) is 0 Å². The lowest BCUT2D eigenvalue weighted by molar-refractivity contribution is 0.0644. The molecule has 1 heterocycles. The van der Waals surface area contributed by atoms with E-state index < -0.39 is 0 Å². The highest BCUT2D eigenvalue weighted by molar-refractivity contribution is 4.95. The molecule has 1 aliphatic heterocycles. The molecule has 0 aromatic carbocycles. The maximum atomic E-state index is 6.12. The van der Waals surface area contributed by atoms with Gasteiger partial charge in [-0.05, 0) is 38.6 Å². The molecule has 1 aliphatic rings. The second-order valence-corrected chi connectivity index (χ2v) is 6.66. The fourth-order valence-corrected chi connectivity index (χ4v) is 3.45. The molecule has 0 amide bonds. The van der Waals surface area contributed by atoms with Crippen molar-refractivity contribution < 1.29 is 0 Å². The summed E-state index contributed by atoms with van der Waals surface area (Å²) in [5.74, 6) is 0.758. The van der Waals surface area contributed by atoms with E-state index in [9.17, 15) is 0 Å². The molecule has 2 atom stereocenters. The van der Waals surface area contributed by atoms with Crippen molar-refractivity contribution in [3.8, 4) is 0 Å². The Kier molecular flexibility index (Phi) is 6.65. The van der Waals surface area contributed by atoms with Gasteiger partial charge in [-0.3, -0.25) is 4.90 Å². The molecule has 0 saturated carbocycles. The second kappa shape index (κ2) is 7.49. The number of rotatable bonds is 8. The number of nitrogens with zero attached hydrogens (tertiary/aromatic N) is 1. The van der Waals surface area contributed by atoms with Crippen LogP contribution in [0.15, 0.2) is 0 Å². The highest BCUT2D eigenvalue weighted by Crippen LogP contribution is 2.33. The molecule has 1 fully saturated rings. The van der Waals surface area contributed by atoms with Crippen LogP contribution >= 0.6 is 0 Å². The maximum absolute atomic E-state index is 6.12. The highest BCUT2D eigenvalue weighted by atomic mass is 15.2. The van der Waals surface area contributed by atoms with Crippen molar-refractivity contribution in [1.82, 2.24) is 4.90 Å². The van der Waals surface area contributed by atoms with Gasteiger partial charge >= 0.3 is 0 Å². The average Bonchev–Trinajstić information content (AvgIpc) is 2.84. The van der Waals surface area contributed by atoms with E-state index >= 15 is 0 Å². The predicted molar refractivity (Wildman–Crippen MR) is 80.8 cm³/mol. The van der Waals surface area contributed by atoms with Crippen LogP contribution in [0.25, 0.3) is 0 Å². The molecule has 0 bridgehead atoms. The van der Waals surface area contributed by atoms with Crippen molar-refractivity contribution in [2.45, 2.75) is 84.2 Å². The van der Waals surface area contributed by atoms with Gasteiger partial charge in [-0.15, -0.1) is 0 Å². The molecule has 2 nitrogen and oxygen atoms in total. The van der Waals surface area contributed by atoms with E-state index in [1.54, 1.807) is 0 Å². The quantitative estimate of drug-likeness (QED) is 0.668. The number of unbranched alkanes of at least 4 members (excludes halogenated alkanes) is 3. The molecule has 2 heteroatoms. The van der Waals surface area contributed by atoms with Crippen molar-refractivity contribution in [2.24, 2.45) is 11.7 Å². The topological polar surface area (TPSA) is 29.3 Å². The molecule has 0 spiro atoms. The summed E-state index contributed by atoms with van der Waals surface area (Å²) in [5, 5.41) is 0. The normalized spacial score (nSPS) is 24.7. The van der Waals surface area contributed by atoms with E-state index in [1.165, 1.54) is 51.5 Å². The zero-order valence-corrected chi connectivity index (χ0v) is 13.0. The molecule has 18 heavy (non-hydrogen) atoms. The van der Waals surface area contributed by atoms with Crippen LogP contribution in [0.3, 0.4) is 0 Å². The smallest absolute Gasteiger partial charge is 0.0306 e. The minimum absolute atomic E-state index is 0.235. The molecule has 1 rings (SSSR count). The molecule has 0 aromatic rings. The van der Waals surface area contributed by atoms with Gasteiger partial charge in [0.15, 0.2) is 0 Å². The minimum Gasteiger partial charge on any atom is -0.329 e. The van der Waals surface area contributed by atoms with Crippen LogP contribution in [0.2, 0.25) is 0 Å². The molecule has 2 unspecified atom stereocenters. The summed E-state index contributed by atoms with van der Waals surface area (Å²) in [6.45, 7) is 11.4. The van der Waals surface area contributed by atoms with Gasteiger partial charge in [0.1, 0.15) is 0 Å². The average molecular weight is 254 g/mol. The van der Waals surface area contributed by atoms with Gasteiger partial charge in [0.2, 0.25) is 0 Å². The van der Waals surface area contributed by atoms with Crippen molar-refractivity contribution in [3.05, 3.63) is 0 Å². The molecular weight excluding hydrogens is 220 g/mol. The SMILES string of the molecule is CCCCCCC(C)(CN)N1CCCC1C(C)C. The summed E-state index contributed by atoms with van der Waals surface area (Å²) in [5.41, 5.74) is 6.36. The van der Waals surface area contributed by atoms with E-state index in [0.29, 0.717) is 0 Å². The van der Waals surface area contributed by atoms with Crippen LogP contribution in [-0.2, 0) is 0 Å². The van der Waals surface area contributed by atoms with E-state index in [1.807, 2.05) is 0 Å². The molecule has 0 aliphatic carbocycles. The standard InChI is InChI=1S/C16H34N2/c1-5-6-7-8-11-16(4,13-17)18-12-9-10-15(18)14(2)3/h14-15H,5-13,17H2,1-4H3. The third kappa shape index (κ3) is 3.96. The zero-order chi connectivity index (χ0) is 13.6. The number of nitrogens with two attached hydrogens (primary N) is 1. The number of hydrogen-bond donors (Lipinski definition) is 1. The van der Waals surface area contributed by atoms with E-state index in [-0.39, 0.29) is 5.54 Å². The number of likely N-dealkylation sites (tertiary alicyclic amines) is 1. The summed E-state index contributed by atoms with van der Waals surface area (Å²) >= 11 is 0. The molecule has 0 radical (unpaired) electrons. The Morgan fingerprint density at radius 2 is 2.00 bits per heavy atom. The van der Waals surface area contributed by atoms with Gasteiger partial charge < -0.3 is 5.73 Å². The Balaban J connectivity index is 2.56. The van der Waals surface area contributed by atoms with Crippen LogP contribution in [0.4, 0.5) is 0 Å². The largest absolute Gasteiger partial charge is 0.329 e. The van der Waals surface area contributed by atoms with Crippen molar-refractivity contribution in [1.29, 1.82) is 0 Å². The van der Waals surface area contributed by atoms with Gasteiger partial charge in [0.25, 0.3) is 0 Å². The monoisotopic (exact) mass is 254 g/mol. The minimum atomic E-state index is 0.235. The van der Waals surface area contributed by atoms with Crippen molar-refractivity contribution >= 4 is 0 Å². The van der Waals surface area contributed by atoms with Crippen LogP contribution < -0.4 is 5.73 Å². The predicted octanol–water partition coefficient (Wildman–Crippen LogP) is 3.79. The molecule has 1 saturated heterocycles. The van der Waals surface area contributed by atoms with Crippen LogP contribution in [0.1, 0.15) is 72.6 Å². The molecular formula is C16H34N2. The molecule has 0 aromatic heterocycles. The lowest BCUT2D eigenvalue weighted by Gasteiger charge is -2.43. The zero-order valence-electron chi connectivity index (χ0n) is 13.0. The summed E-state index contributed by atoms with van der Waals surface area (Å²) in [4.78, 5) is 2.73. The summed E-state index contributed by atoms with van der Waals surface area (Å²) in [7, 11) is 0. The molecule has 2 N–H and O–H groups in total. The first-order chi connectivity index (χ1) is 8.55. The fourth-order valence-electron chi connectivity index (χ4n) is 3.45. The van der Waals surface area contributed by atoms with Crippen molar-refractivity contribution in [2.75, 3.05) is 13.1 Å². The Labute approximate surface area is 114 Å². The second-order valence-electron chi connectivity index (χ2n) is 6.66. The lowest BCUT2D eigenvalue weighted by atomic mass is 9.89. The maximum Gasteiger partial charge on any atom is 0.0306 e. The fraction of sp³-hybridized carbons (Fsp3) is 1.00. The Morgan fingerprint density at radius 1 is 1.28 bits per heavy atom. The third-order valence-corrected chi connectivity index (χ3v) is 4.77.